The number of nitrogens with zero attached hydrogens (tertiary/aromatic N) is 4. The summed E-state index contributed by atoms with van der Waals surface area (Å²) in [4.78, 5) is 42.8. The molecule has 3 aromatic rings. The van der Waals surface area contributed by atoms with Gasteiger partial charge in [-0.2, -0.15) is 0 Å². The van der Waals surface area contributed by atoms with E-state index in [-0.39, 0.29) is 46.5 Å². The number of nitro benzene ring substituents is 1. The van der Waals surface area contributed by atoms with Crippen LogP contribution in [0.4, 0.5) is 10.1 Å². The van der Waals surface area contributed by atoms with E-state index in [9.17, 15) is 24.1 Å². The van der Waals surface area contributed by atoms with Gasteiger partial charge in [0, 0.05) is 18.7 Å². The molecule has 9 nitrogen and oxygen atoms in total. The van der Waals surface area contributed by atoms with Crippen LogP contribution in [0.2, 0.25) is 0 Å². The molecule has 1 saturated heterocycles. The van der Waals surface area contributed by atoms with Crippen molar-refractivity contribution in [3.63, 3.8) is 0 Å². The first-order chi connectivity index (χ1) is 15.9. The SMILES string of the molecule is CCOC(=O)C1CCCN(Cc2nc3ccc([N+](=O)[O-])cc3c(=O)n2-c2ccccc2F)C1. The lowest BCUT2D eigenvalue weighted by Gasteiger charge is -2.31. The van der Waals surface area contributed by atoms with Crippen LogP contribution in [0, 0.1) is 21.8 Å². The summed E-state index contributed by atoms with van der Waals surface area (Å²) in [6.07, 6.45) is 1.48. The minimum atomic E-state index is -0.615. The fourth-order valence-corrected chi connectivity index (χ4v) is 4.17. The molecule has 33 heavy (non-hydrogen) atoms. The van der Waals surface area contributed by atoms with Crippen molar-refractivity contribution in [2.24, 2.45) is 5.92 Å². The molecule has 2 aromatic carbocycles. The first-order valence-corrected chi connectivity index (χ1v) is 10.7. The molecular weight excluding hydrogens is 431 g/mol. The Morgan fingerprint density at radius 2 is 2.09 bits per heavy atom. The maximum Gasteiger partial charge on any atom is 0.310 e. The van der Waals surface area contributed by atoms with Gasteiger partial charge >= 0.3 is 5.97 Å². The van der Waals surface area contributed by atoms with Crippen LogP contribution < -0.4 is 5.56 Å². The standard InChI is InChI=1S/C23H23FN4O5/c1-2-33-23(30)15-6-5-11-26(13-15)14-21-25-19-10-9-16(28(31)32)12-17(19)22(29)27(21)20-8-4-3-7-18(20)24/h3-4,7-10,12,15H,2,5-6,11,13-14H2,1H3. The van der Waals surface area contributed by atoms with Crippen molar-refractivity contribution in [2.45, 2.75) is 26.3 Å². The Hall–Kier alpha value is -3.66. The molecule has 1 fully saturated rings. The molecule has 172 valence electrons. The number of esters is 1. The molecule has 1 aliphatic heterocycles. The lowest BCUT2D eigenvalue weighted by molar-refractivity contribution is -0.384. The van der Waals surface area contributed by atoms with E-state index >= 15 is 0 Å². The van der Waals surface area contributed by atoms with Crippen LogP contribution in [-0.2, 0) is 16.1 Å². The molecule has 0 radical (unpaired) electrons. The zero-order chi connectivity index (χ0) is 23.5. The third kappa shape index (κ3) is 4.61. The summed E-state index contributed by atoms with van der Waals surface area (Å²) in [5, 5.41) is 11.2. The van der Waals surface area contributed by atoms with Crippen molar-refractivity contribution in [3.05, 3.63) is 74.6 Å². The zero-order valence-electron chi connectivity index (χ0n) is 18.1. The number of hydrogen-bond acceptors (Lipinski definition) is 7. The molecule has 0 bridgehead atoms. The topological polar surface area (TPSA) is 108 Å². The van der Waals surface area contributed by atoms with Gasteiger partial charge in [-0.25, -0.2) is 9.37 Å². The summed E-state index contributed by atoms with van der Waals surface area (Å²) >= 11 is 0. The first kappa shape index (κ1) is 22.5. The second-order valence-corrected chi connectivity index (χ2v) is 7.90. The van der Waals surface area contributed by atoms with E-state index in [0.29, 0.717) is 26.1 Å². The molecule has 0 spiro atoms. The molecule has 1 aliphatic rings. The van der Waals surface area contributed by atoms with E-state index in [2.05, 4.69) is 4.98 Å². The Labute approximate surface area is 188 Å². The molecule has 0 amide bonds. The molecule has 1 aromatic heterocycles. The van der Waals surface area contributed by atoms with E-state index in [1.807, 2.05) is 4.90 Å². The molecule has 0 aliphatic carbocycles. The number of rotatable bonds is 6. The Balaban J connectivity index is 1.80. The van der Waals surface area contributed by atoms with Gasteiger partial charge in [0.05, 0.1) is 40.6 Å². The number of ether oxygens (including phenoxy) is 1. The van der Waals surface area contributed by atoms with Gasteiger partial charge in [0.1, 0.15) is 11.6 Å². The largest absolute Gasteiger partial charge is 0.466 e. The van der Waals surface area contributed by atoms with E-state index in [1.54, 1.807) is 13.0 Å². The zero-order valence-corrected chi connectivity index (χ0v) is 18.1. The number of likely N-dealkylation sites (tertiary alicyclic amines) is 1. The lowest BCUT2D eigenvalue weighted by Crippen LogP contribution is -2.40. The number of fused-ring (bicyclic) bond motifs is 1. The van der Waals surface area contributed by atoms with Gasteiger partial charge in [-0.1, -0.05) is 12.1 Å². The van der Waals surface area contributed by atoms with Crippen molar-refractivity contribution in [3.8, 4) is 5.69 Å². The summed E-state index contributed by atoms with van der Waals surface area (Å²) in [6.45, 7) is 3.38. The van der Waals surface area contributed by atoms with E-state index in [4.69, 9.17) is 4.74 Å². The van der Waals surface area contributed by atoms with Crippen LogP contribution in [0.25, 0.3) is 16.6 Å². The predicted octanol–water partition coefficient (Wildman–Crippen LogP) is 3.21. The van der Waals surface area contributed by atoms with Crippen LogP contribution in [0.1, 0.15) is 25.6 Å². The summed E-state index contributed by atoms with van der Waals surface area (Å²) in [5.74, 6) is -0.866. The number of nitro groups is 1. The maximum absolute atomic E-state index is 14.7. The Bertz CT molecular complexity index is 1280. The number of para-hydroxylation sites is 1. The highest BCUT2D eigenvalue weighted by atomic mass is 19.1. The third-order valence-electron chi connectivity index (χ3n) is 5.72. The minimum absolute atomic E-state index is 0.0114. The summed E-state index contributed by atoms with van der Waals surface area (Å²) in [7, 11) is 0. The lowest BCUT2D eigenvalue weighted by atomic mass is 9.98. The van der Waals surface area contributed by atoms with Crippen molar-refractivity contribution < 1.29 is 18.8 Å². The number of carbonyl (C=O) groups excluding carboxylic acids is 1. The fourth-order valence-electron chi connectivity index (χ4n) is 4.17. The highest BCUT2D eigenvalue weighted by Gasteiger charge is 2.28. The van der Waals surface area contributed by atoms with Gasteiger partial charge in [-0.3, -0.25) is 29.2 Å². The van der Waals surface area contributed by atoms with Crippen LogP contribution >= 0.6 is 0 Å². The number of hydrogen-bond donors (Lipinski definition) is 0. The maximum atomic E-state index is 14.7. The number of non-ortho nitro benzene ring substituents is 1. The van der Waals surface area contributed by atoms with Gasteiger partial charge in [-0.15, -0.1) is 0 Å². The van der Waals surface area contributed by atoms with Gasteiger partial charge in [0.15, 0.2) is 0 Å². The van der Waals surface area contributed by atoms with Crippen molar-refractivity contribution >= 4 is 22.6 Å². The second kappa shape index (κ2) is 9.45. The summed E-state index contributed by atoms with van der Waals surface area (Å²) in [5.41, 5.74) is -0.546. The minimum Gasteiger partial charge on any atom is -0.466 e. The Kier molecular flexibility index (Phi) is 6.45. The van der Waals surface area contributed by atoms with Crippen molar-refractivity contribution in [1.29, 1.82) is 0 Å². The van der Waals surface area contributed by atoms with E-state index in [0.717, 1.165) is 17.1 Å². The summed E-state index contributed by atoms with van der Waals surface area (Å²) in [6, 6.07) is 9.67. The van der Waals surface area contributed by atoms with Crippen molar-refractivity contribution in [2.75, 3.05) is 19.7 Å². The Morgan fingerprint density at radius 3 is 2.82 bits per heavy atom. The number of carbonyl (C=O) groups is 1. The van der Waals surface area contributed by atoms with Crippen LogP contribution in [0.3, 0.4) is 0 Å². The molecular formula is C23H23FN4O5. The van der Waals surface area contributed by atoms with Gasteiger partial charge in [0.25, 0.3) is 11.2 Å². The fraction of sp³-hybridized carbons (Fsp3) is 0.348. The molecule has 1 atom stereocenters. The highest BCUT2D eigenvalue weighted by Crippen LogP contribution is 2.23. The van der Waals surface area contributed by atoms with Crippen molar-refractivity contribution in [1.82, 2.24) is 14.5 Å². The van der Waals surface area contributed by atoms with Crippen LogP contribution in [-0.4, -0.2) is 45.0 Å². The molecule has 2 heterocycles. The number of piperidine rings is 1. The monoisotopic (exact) mass is 454 g/mol. The third-order valence-corrected chi connectivity index (χ3v) is 5.72. The van der Waals surface area contributed by atoms with Gasteiger partial charge < -0.3 is 4.74 Å². The highest BCUT2D eigenvalue weighted by molar-refractivity contribution is 5.80. The average molecular weight is 454 g/mol. The van der Waals surface area contributed by atoms with Gasteiger partial charge in [0.2, 0.25) is 0 Å². The van der Waals surface area contributed by atoms with E-state index < -0.39 is 16.3 Å². The first-order valence-electron chi connectivity index (χ1n) is 10.7. The molecule has 0 N–H and O–H groups in total. The predicted molar refractivity (Wildman–Crippen MR) is 119 cm³/mol. The van der Waals surface area contributed by atoms with Gasteiger partial charge in [-0.05, 0) is 44.5 Å². The average Bonchev–Trinajstić information content (AvgIpc) is 2.80. The molecule has 4 rings (SSSR count). The smallest absolute Gasteiger partial charge is 0.310 e. The quantitative estimate of drug-likeness (QED) is 0.320. The van der Waals surface area contributed by atoms with Crippen LogP contribution in [0.5, 0.6) is 0 Å². The van der Waals surface area contributed by atoms with Crippen LogP contribution in [0.15, 0.2) is 47.3 Å². The molecule has 10 heteroatoms. The molecule has 1 unspecified atom stereocenters. The number of benzene rings is 2. The summed E-state index contributed by atoms with van der Waals surface area (Å²) < 4.78 is 21.0. The normalized spacial score (nSPS) is 16.6. The second-order valence-electron chi connectivity index (χ2n) is 7.90. The Morgan fingerprint density at radius 1 is 1.30 bits per heavy atom. The molecule has 0 saturated carbocycles. The number of aromatic nitrogens is 2. The van der Waals surface area contributed by atoms with E-state index in [1.165, 1.54) is 30.3 Å². The number of halogens is 1.